The van der Waals surface area contributed by atoms with E-state index < -0.39 is 23.5 Å². The highest BCUT2D eigenvalue weighted by molar-refractivity contribution is 5.81. The molecule has 1 amide bonds. The Kier molecular flexibility index (Phi) is 6.46. The lowest BCUT2D eigenvalue weighted by molar-refractivity contribution is -0.376. The number of nitrogens with zero attached hydrogens (tertiary/aromatic N) is 1. The number of aliphatic hydroxyl groups is 1. The lowest BCUT2D eigenvalue weighted by Crippen LogP contribution is -2.53. The highest BCUT2D eigenvalue weighted by atomic mass is 19.4. The normalized spacial score (nSPS) is 12.6. The van der Waals surface area contributed by atoms with Crippen LogP contribution in [0.5, 0.6) is 0 Å². The van der Waals surface area contributed by atoms with Gasteiger partial charge in [0.1, 0.15) is 0 Å². The minimum Gasteiger partial charge on any atom is -0.369 e. The maximum atomic E-state index is 12.9. The number of halogens is 6. The Hall–Kier alpha value is -2.75. The molecule has 29 heavy (non-hydrogen) atoms. The summed E-state index contributed by atoms with van der Waals surface area (Å²) >= 11 is 0. The average molecular weight is 420 g/mol. The fraction of sp³-hybridized carbons (Fsp3) is 0.316. The minimum atomic E-state index is -5.95. The van der Waals surface area contributed by atoms with Crippen molar-refractivity contribution in [3.63, 3.8) is 0 Å². The van der Waals surface area contributed by atoms with Gasteiger partial charge in [0.25, 0.3) is 5.60 Å². The zero-order valence-electron chi connectivity index (χ0n) is 15.2. The van der Waals surface area contributed by atoms with E-state index in [9.17, 15) is 36.2 Å². The predicted octanol–water partition coefficient (Wildman–Crippen LogP) is 3.75. The van der Waals surface area contributed by atoms with Crippen molar-refractivity contribution < 1.29 is 36.2 Å². The molecule has 10 heteroatoms. The van der Waals surface area contributed by atoms with Crippen LogP contribution in [0.1, 0.15) is 11.1 Å². The third-order valence-corrected chi connectivity index (χ3v) is 4.26. The van der Waals surface area contributed by atoms with Crippen LogP contribution in [-0.4, -0.2) is 37.0 Å². The maximum absolute atomic E-state index is 12.9. The largest absolute Gasteiger partial charge is 0.430 e. The van der Waals surface area contributed by atoms with Crippen LogP contribution >= 0.6 is 0 Å². The molecule has 0 saturated heterocycles. The Balaban J connectivity index is 2.08. The van der Waals surface area contributed by atoms with E-state index in [4.69, 9.17) is 0 Å². The molecule has 0 heterocycles. The smallest absolute Gasteiger partial charge is 0.369 e. The van der Waals surface area contributed by atoms with Crippen LogP contribution in [0.25, 0.3) is 0 Å². The van der Waals surface area contributed by atoms with E-state index >= 15 is 0 Å². The molecule has 4 nitrogen and oxygen atoms in total. The second-order valence-corrected chi connectivity index (χ2v) is 6.37. The first-order valence-electron chi connectivity index (χ1n) is 8.34. The first kappa shape index (κ1) is 22.5. The van der Waals surface area contributed by atoms with Crippen molar-refractivity contribution in [3.05, 3.63) is 65.7 Å². The van der Waals surface area contributed by atoms with Gasteiger partial charge in [-0.15, -0.1) is 0 Å². The summed E-state index contributed by atoms with van der Waals surface area (Å²) in [6.07, 6.45) is -11.9. The van der Waals surface area contributed by atoms with Crippen LogP contribution in [0, 0.1) is 0 Å². The van der Waals surface area contributed by atoms with Crippen LogP contribution < -0.4 is 10.2 Å². The van der Waals surface area contributed by atoms with Crippen LogP contribution in [0.3, 0.4) is 0 Å². The number of hydrogen-bond acceptors (Lipinski definition) is 3. The fourth-order valence-corrected chi connectivity index (χ4v) is 2.60. The number of rotatable bonds is 6. The molecule has 0 bridgehead atoms. The molecule has 0 radical (unpaired) electrons. The van der Waals surface area contributed by atoms with Crippen molar-refractivity contribution in [1.82, 2.24) is 5.32 Å². The van der Waals surface area contributed by atoms with Gasteiger partial charge in [-0.2, -0.15) is 26.3 Å². The third kappa shape index (κ3) is 5.00. The molecule has 2 N–H and O–H groups in total. The molecule has 0 unspecified atom stereocenters. The highest BCUT2D eigenvalue weighted by Crippen LogP contribution is 2.50. The van der Waals surface area contributed by atoms with Gasteiger partial charge in [0.15, 0.2) is 0 Å². The van der Waals surface area contributed by atoms with Gasteiger partial charge in [0.2, 0.25) is 5.91 Å². The topological polar surface area (TPSA) is 52.6 Å². The van der Waals surface area contributed by atoms with Crippen molar-refractivity contribution in [3.8, 4) is 0 Å². The molecule has 2 rings (SSSR count). The Bertz CT molecular complexity index is 805. The average Bonchev–Trinajstić information content (AvgIpc) is 2.65. The summed E-state index contributed by atoms with van der Waals surface area (Å²) in [6, 6.07) is 12.1. The van der Waals surface area contributed by atoms with E-state index in [1.165, 1.54) is 11.9 Å². The Morgan fingerprint density at radius 2 is 1.45 bits per heavy atom. The van der Waals surface area contributed by atoms with Gasteiger partial charge in [-0.1, -0.05) is 42.5 Å². The van der Waals surface area contributed by atoms with Gasteiger partial charge < -0.3 is 15.3 Å². The number of carbonyl (C=O) groups excluding carboxylic acids is 1. The molecule has 0 aliphatic carbocycles. The summed E-state index contributed by atoms with van der Waals surface area (Å²) in [5.74, 6) is -0.387. The number of alkyl halides is 6. The van der Waals surface area contributed by atoms with Crippen LogP contribution in [0.2, 0.25) is 0 Å². The zero-order valence-corrected chi connectivity index (χ0v) is 15.2. The van der Waals surface area contributed by atoms with Crippen LogP contribution in [0.4, 0.5) is 32.0 Å². The van der Waals surface area contributed by atoms with Crippen molar-refractivity contribution in [1.29, 1.82) is 0 Å². The number of amides is 1. The molecule has 0 atom stereocenters. The standard InChI is InChI=1S/C19H18F6N2O2/c1-27(12-16(28)26-11-13-5-3-2-4-6-13)15-9-7-14(8-10-15)17(29,18(20,21)22)19(23,24)25/h2-10,29H,11-12H2,1H3,(H,26,28). The van der Waals surface area contributed by atoms with Gasteiger partial charge in [-0.25, -0.2) is 0 Å². The van der Waals surface area contributed by atoms with E-state index in [2.05, 4.69) is 5.32 Å². The van der Waals surface area contributed by atoms with E-state index in [1.54, 1.807) is 12.1 Å². The van der Waals surface area contributed by atoms with E-state index in [-0.39, 0.29) is 24.7 Å². The summed E-state index contributed by atoms with van der Waals surface area (Å²) in [5, 5.41) is 12.0. The molecular weight excluding hydrogens is 402 g/mol. The van der Waals surface area contributed by atoms with Gasteiger partial charge in [-0.05, 0) is 17.7 Å². The lowest BCUT2D eigenvalue weighted by atomic mass is 9.92. The lowest BCUT2D eigenvalue weighted by Gasteiger charge is -2.33. The fourth-order valence-electron chi connectivity index (χ4n) is 2.60. The first-order chi connectivity index (χ1) is 13.4. The van der Waals surface area contributed by atoms with Crippen molar-refractivity contribution in [2.24, 2.45) is 0 Å². The number of nitrogens with one attached hydrogen (secondary N) is 1. The Morgan fingerprint density at radius 3 is 1.93 bits per heavy atom. The number of carbonyl (C=O) groups is 1. The third-order valence-electron chi connectivity index (χ3n) is 4.26. The number of benzene rings is 2. The molecule has 0 aliphatic heterocycles. The van der Waals surface area contributed by atoms with Crippen molar-refractivity contribution in [2.45, 2.75) is 24.5 Å². The van der Waals surface area contributed by atoms with Gasteiger partial charge in [0, 0.05) is 24.8 Å². The summed E-state index contributed by atoms with van der Waals surface area (Å²) in [4.78, 5) is 13.4. The molecule has 0 aliphatic rings. The van der Waals surface area contributed by atoms with E-state index in [0.717, 1.165) is 17.7 Å². The molecule has 0 aromatic heterocycles. The molecule has 0 fully saturated rings. The number of likely N-dealkylation sites (N-methyl/N-ethyl adjacent to an activating group) is 1. The summed E-state index contributed by atoms with van der Waals surface area (Å²) in [6.45, 7) is 0.103. The van der Waals surface area contributed by atoms with Crippen molar-refractivity contribution in [2.75, 3.05) is 18.5 Å². The number of anilines is 1. The summed E-state index contributed by atoms with van der Waals surface area (Å²) in [7, 11) is 1.46. The quantitative estimate of drug-likeness (QED) is 0.700. The van der Waals surface area contributed by atoms with Gasteiger partial charge in [0.05, 0.1) is 6.54 Å². The molecule has 0 spiro atoms. The second kappa shape index (κ2) is 8.32. The second-order valence-electron chi connectivity index (χ2n) is 6.37. The highest BCUT2D eigenvalue weighted by Gasteiger charge is 2.71. The molecule has 0 saturated carbocycles. The monoisotopic (exact) mass is 420 g/mol. The van der Waals surface area contributed by atoms with Gasteiger partial charge >= 0.3 is 12.4 Å². The summed E-state index contributed by atoms with van der Waals surface area (Å²) < 4.78 is 77.5. The van der Waals surface area contributed by atoms with Crippen LogP contribution in [-0.2, 0) is 16.9 Å². The van der Waals surface area contributed by atoms with E-state index in [0.29, 0.717) is 12.1 Å². The SMILES string of the molecule is CN(CC(=O)NCc1ccccc1)c1ccc(C(O)(C(F)(F)F)C(F)(F)F)cc1. The zero-order chi connectivity index (χ0) is 21.9. The first-order valence-corrected chi connectivity index (χ1v) is 8.34. The minimum absolute atomic E-state index is 0.172. The molecule has 158 valence electrons. The Morgan fingerprint density at radius 1 is 0.931 bits per heavy atom. The van der Waals surface area contributed by atoms with Crippen LogP contribution in [0.15, 0.2) is 54.6 Å². The van der Waals surface area contributed by atoms with Gasteiger partial charge in [-0.3, -0.25) is 4.79 Å². The molecule has 2 aromatic rings. The molecule has 2 aromatic carbocycles. The maximum Gasteiger partial charge on any atom is 0.430 e. The summed E-state index contributed by atoms with van der Waals surface area (Å²) in [5.41, 5.74) is -5.27. The van der Waals surface area contributed by atoms with E-state index in [1.807, 2.05) is 18.2 Å². The predicted molar refractivity (Wildman–Crippen MR) is 94.0 cm³/mol. The molecular formula is C19H18F6N2O2. The van der Waals surface area contributed by atoms with Crippen molar-refractivity contribution >= 4 is 11.6 Å². The number of hydrogen-bond donors (Lipinski definition) is 2. The Labute approximate surface area is 162 Å².